The maximum absolute atomic E-state index is 13.1. The summed E-state index contributed by atoms with van der Waals surface area (Å²) in [5.41, 5.74) is 0. The van der Waals surface area contributed by atoms with Gasteiger partial charge in [-0.05, 0) is 42.4 Å². The van der Waals surface area contributed by atoms with Gasteiger partial charge in [-0.25, -0.2) is 0 Å². The number of hydrogen-bond acceptors (Lipinski definition) is 2. The van der Waals surface area contributed by atoms with Gasteiger partial charge in [-0.15, -0.1) is 0 Å². The fraction of sp³-hybridized carbons (Fsp3) is 0.200. The van der Waals surface area contributed by atoms with Crippen LogP contribution in [0.25, 0.3) is 0 Å². The molecule has 3 aromatic carbocycles. The molecule has 0 radical (unpaired) electrons. The average molecular weight is 390 g/mol. The van der Waals surface area contributed by atoms with E-state index in [4.69, 9.17) is 4.74 Å². The Labute approximate surface area is 168 Å². The van der Waals surface area contributed by atoms with Gasteiger partial charge in [0.05, 0.1) is 12.7 Å². The zero-order valence-electron chi connectivity index (χ0n) is 16.5. The summed E-state index contributed by atoms with van der Waals surface area (Å²) in [4.78, 5) is 13.1. The highest BCUT2D eigenvalue weighted by atomic mass is 31.2. The molecule has 0 heterocycles. The van der Waals surface area contributed by atoms with E-state index in [-0.39, 0.29) is 11.9 Å². The minimum absolute atomic E-state index is 0.129. The predicted molar refractivity (Wildman–Crippen MR) is 122 cm³/mol. The largest absolute Gasteiger partial charge is 0.378 e. The van der Waals surface area contributed by atoms with Crippen molar-refractivity contribution in [3.8, 4) is 0 Å². The molecule has 0 aliphatic rings. The van der Waals surface area contributed by atoms with Crippen molar-refractivity contribution in [1.29, 1.82) is 0 Å². The van der Waals surface area contributed by atoms with Gasteiger partial charge in [-0.3, -0.25) is 4.79 Å². The minimum atomic E-state index is -2.20. The smallest absolute Gasteiger partial charge is 0.159 e. The zero-order chi connectivity index (χ0) is 19.8. The van der Waals surface area contributed by atoms with Crippen molar-refractivity contribution in [1.82, 2.24) is 0 Å². The van der Waals surface area contributed by atoms with Gasteiger partial charge in [-0.2, -0.15) is 0 Å². The predicted octanol–water partition coefficient (Wildman–Crippen LogP) is 4.17. The molecule has 3 aromatic rings. The highest BCUT2D eigenvalue weighted by Crippen LogP contribution is 2.43. The van der Waals surface area contributed by atoms with E-state index in [1.165, 1.54) is 15.9 Å². The SMILES string of the molecule is CC(C)OCCC(=O)C=P(c1ccccc1)(c1ccccc1)c1ccccc1. The summed E-state index contributed by atoms with van der Waals surface area (Å²) in [7, 11) is 0. The first-order chi connectivity index (χ1) is 13.6. The first-order valence-corrected chi connectivity index (χ1v) is 11.5. The van der Waals surface area contributed by atoms with E-state index in [0.717, 1.165) is 0 Å². The molecule has 0 unspecified atom stereocenters. The van der Waals surface area contributed by atoms with Crippen LogP contribution < -0.4 is 15.9 Å². The average Bonchev–Trinajstić information content (AvgIpc) is 2.74. The van der Waals surface area contributed by atoms with Gasteiger partial charge in [0.25, 0.3) is 0 Å². The van der Waals surface area contributed by atoms with E-state index >= 15 is 0 Å². The van der Waals surface area contributed by atoms with Crippen molar-refractivity contribution in [3.05, 3.63) is 91.0 Å². The third-order valence-corrected chi connectivity index (χ3v) is 8.64. The Morgan fingerprint density at radius 3 is 1.54 bits per heavy atom. The molecule has 0 amide bonds. The van der Waals surface area contributed by atoms with E-state index in [0.29, 0.717) is 13.0 Å². The molecule has 0 saturated carbocycles. The lowest BCUT2D eigenvalue weighted by atomic mass is 10.3. The van der Waals surface area contributed by atoms with E-state index in [2.05, 4.69) is 72.8 Å². The number of carbonyl (C=O) groups excluding carboxylic acids is 1. The van der Waals surface area contributed by atoms with Crippen molar-refractivity contribution >= 4 is 34.4 Å². The molecule has 0 aliphatic carbocycles. The molecule has 0 atom stereocenters. The van der Waals surface area contributed by atoms with Gasteiger partial charge in [0, 0.05) is 6.42 Å². The van der Waals surface area contributed by atoms with E-state index < -0.39 is 6.89 Å². The molecule has 2 nitrogen and oxygen atoms in total. The number of ether oxygens (including phenoxy) is 1. The Morgan fingerprint density at radius 1 is 0.786 bits per heavy atom. The number of rotatable bonds is 8. The molecule has 0 N–H and O–H groups in total. The normalized spacial score (nSPS) is 11.4. The van der Waals surface area contributed by atoms with E-state index in [1.807, 2.05) is 37.8 Å². The van der Waals surface area contributed by atoms with Crippen LogP contribution in [-0.2, 0) is 9.53 Å². The quantitative estimate of drug-likeness (QED) is 0.540. The minimum Gasteiger partial charge on any atom is -0.378 e. The summed E-state index contributed by atoms with van der Waals surface area (Å²) in [5.74, 6) is 2.11. The van der Waals surface area contributed by atoms with Crippen molar-refractivity contribution in [3.63, 3.8) is 0 Å². The van der Waals surface area contributed by atoms with Gasteiger partial charge in [-0.1, -0.05) is 91.0 Å². The Morgan fingerprint density at radius 2 is 1.18 bits per heavy atom. The molecule has 0 saturated heterocycles. The van der Waals surface area contributed by atoms with Crippen LogP contribution >= 0.6 is 6.89 Å². The monoisotopic (exact) mass is 390 g/mol. The van der Waals surface area contributed by atoms with Gasteiger partial charge in [0.15, 0.2) is 5.78 Å². The second-order valence-electron chi connectivity index (χ2n) is 6.99. The third kappa shape index (κ3) is 4.70. The molecular weight excluding hydrogens is 363 g/mol. The summed E-state index contributed by atoms with van der Waals surface area (Å²) in [5, 5.41) is 3.56. The zero-order valence-corrected chi connectivity index (χ0v) is 17.4. The second kappa shape index (κ2) is 9.68. The summed E-state index contributed by atoms with van der Waals surface area (Å²) in [6, 6.07) is 31.2. The second-order valence-corrected chi connectivity index (χ2v) is 10.2. The Hall–Kier alpha value is -2.41. The third-order valence-electron chi connectivity index (χ3n) is 4.63. The maximum Gasteiger partial charge on any atom is 0.159 e. The summed E-state index contributed by atoms with van der Waals surface area (Å²) < 4.78 is 5.62. The lowest BCUT2D eigenvalue weighted by Crippen LogP contribution is -2.28. The van der Waals surface area contributed by atoms with Crippen molar-refractivity contribution < 1.29 is 9.53 Å². The number of carbonyl (C=O) groups is 1. The number of benzene rings is 3. The molecule has 3 heteroatoms. The van der Waals surface area contributed by atoms with Crippen LogP contribution in [-0.4, -0.2) is 24.3 Å². The van der Waals surface area contributed by atoms with Crippen LogP contribution in [0.5, 0.6) is 0 Å². The van der Waals surface area contributed by atoms with E-state index in [9.17, 15) is 4.79 Å². The fourth-order valence-corrected chi connectivity index (χ4v) is 7.17. The van der Waals surface area contributed by atoms with Gasteiger partial charge in [0.1, 0.15) is 0 Å². The maximum atomic E-state index is 13.1. The molecule has 0 aromatic heterocycles. The van der Waals surface area contributed by atoms with E-state index in [1.54, 1.807) is 0 Å². The van der Waals surface area contributed by atoms with Gasteiger partial charge in [0.2, 0.25) is 0 Å². The van der Waals surface area contributed by atoms with Crippen LogP contribution in [0.3, 0.4) is 0 Å². The van der Waals surface area contributed by atoms with Crippen LogP contribution in [0.15, 0.2) is 91.0 Å². The highest BCUT2D eigenvalue weighted by Gasteiger charge is 2.26. The number of Topliss-reactive ketones (excluding diaryl/α,β-unsaturated/α-hetero) is 1. The lowest BCUT2D eigenvalue weighted by Gasteiger charge is -2.28. The fourth-order valence-electron chi connectivity index (χ4n) is 3.34. The molecule has 28 heavy (non-hydrogen) atoms. The lowest BCUT2D eigenvalue weighted by molar-refractivity contribution is -0.113. The molecule has 0 bridgehead atoms. The molecule has 3 rings (SSSR count). The summed E-state index contributed by atoms with van der Waals surface area (Å²) >= 11 is 0. The Balaban J connectivity index is 2.20. The number of ketones is 1. The van der Waals surface area contributed by atoms with Crippen molar-refractivity contribution in [2.75, 3.05) is 6.61 Å². The summed E-state index contributed by atoms with van der Waals surface area (Å²) in [6.45, 7) is 2.23. The molecule has 0 fully saturated rings. The first-order valence-electron chi connectivity index (χ1n) is 9.69. The van der Waals surface area contributed by atoms with Crippen molar-refractivity contribution in [2.45, 2.75) is 26.4 Å². The molecule has 0 spiro atoms. The highest BCUT2D eigenvalue weighted by molar-refractivity contribution is 7.95. The Bertz CT molecular complexity index is 829. The van der Waals surface area contributed by atoms with Crippen LogP contribution in [0.4, 0.5) is 0 Å². The van der Waals surface area contributed by atoms with Gasteiger partial charge >= 0.3 is 0 Å². The molecule has 0 aliphatic heterocycles. The van der Waals surface area contributed by atoms with Crippen molar-refractivity contribution in [2.24, 2.45) is 0 Å². The van der Waals surface area contributed by atoms with Gasteiger partial charge < -0.3 is 4.74 Å². The summed E-state index contributed by atoms with van der Waals surface area (Å²) in [6.07, 6.45) is 0.525. The first kappa shape index (κ1) is 20.3. The molecule has 144 valence electrons. The Kier molecular flexibility index (Phi) is 7.03. The van der Waals surface area contributed by atoms with Crippen LogP contribution in [0.1, 0.15) is 20.3 Å². The van der Waals surface area contributed by atoms with Crippen LogP contribution in [0.2, 0.25) is 0 Å². The topological polar surface area (TPSA) is 26.3 Å². The molecular formula is C25H27O2P. The number of hydrogen-bond donors (Lipinski definition) is 0. The standard InChI is InChI=1S/C25H27O2P/c1-21(2)27-19-18-22(26)20-28(23-12-6-3-7-13-23,24-14-8-4-9-15-24)25-16-10-5-11-17-25/h3-17,20-21H,18-19H2,1-2H3. The van der Waals surface area contributed by atoms with Crippen LogP contribution in [0, 0.1) is 0 Å².